The molecule has 0 bridgehead atoms. The lowest BCUT2D eigenvalue weighted by Gasteiger charge is -2.40. The van der Waals surface area contributed by atoms with Crippen molar-refractivity contribution in [2.75, 3.05) is 32.7 Å². The number of hydrogen-bond acceptors (Lipinski definition) is 4. The standard InChI is InChI=1S/C22H28N4O/c27-22(26-13-11-24-15-21(26)19-8-4-10-23-14-19)20-9-5-12-25(17-20)16-18-6-2-1-3-7-18/h1-4,6-8,10,14,20-21,24H,5,9,11-13,15-17H2. The Morgan fingerprint density at radius 1 is 1.15 bits per heavy atom. The Kier molecular flexibility index (Phi) is 5.80. The van der Waals surface area contributed by atoms with Crippen molar-refractivity contribution in [3.05, 3.63) is 66.0 Å². The molecule has 4 rings (SSSR count). The van der Waals surface area contributed by atoms with E-state index in [0.29, 0.717) is 5.91 Å². The van der Waals surface area contributed by atoms with E-state index in [4.69, 9.17) is 0 Å². The summed E-state index contributed by atoms with van der Waals surface area (Å²) in [5.74, 6) is 0.405. The molecule has 0 aliphatic carbocycles. The molecule has 1 N–H and O–H groups in total. The third-order valence-electron chi connectivity index (χ3n) is 5.70. The van der Waals surface area contributed by atoms with Gasteiger partial charge in [0.25, 0.3) is 0 Å². The van der Waals surface area contributed by atoms with Crippen molar-refractivity contribution in [1.82, 2.24) is 20.1 Å². The molecule has 1 aromatic heterocycles. The van der Waals surface area contributed by atoms with Crippen molar-refractivity contribution in [2.45, 2.75) is 25.4 Å². The van der Waals surface area contributed by atoms with E-state index in [1.54, 1.807) is 6.20 Å². The quantitative estimate of drug-likeness (QED) is 0.905. The Hall–Kier alpha value is -2.24. The van der Waals surface area contributed by atoms with Crippen LogP contribution in [0.25, 0.3) is 0 Å². The van der Waals surface area contributed by atoms with Gasteiger partial charge in [0.05, 0.1) is 12.0 Å². The molecule has 2 saturated heterocycles. The minimum absolute atomic E-state index is 0.0875. The summed E-state index contributed by atoms with van der Waals surface area (Å²) in [4.78, 5) is 22.2. The van der Waals surface area contributed by atoms with E-state index in [1.807, 2.05) is 12.3 Å². The number of carbonyl (C=O) groups is 1. The summed E-state index contributed by atoms with van der Waals surface area (Å²) in [6, 6.07) is 14.7. The van der Waals surface area contributed by atoms with Crippen LogP contribution >= 0.6 is 0 Å². The summed E-state index contributed by atoms with van der Waals surface area (Å²) < 4.78 is 0. The van der Waals surface area contributed by atoms with Gasteiger partial charge < -0.3 is 10.2 Å². The molecule has 1 aromatic carbocycles. The number of carbonyl (C=O) groups excluding carboxylic acids is 1. The minimum atomic E-state index is 0.0875. The van der Waals surface area contributed by atoms with Crippen molar-refractivity contribution in [3.8, 4) is 0 Å². The van der Waals surface area contributed by atoms with Crippen LogP contribution < -0.4 is 5.32 Å². The Labute approximate surface area is 161 Å². The molecule has 27 heavy (non-hydrogen) atoms. The van der Waals surface area contributed by atoms with Gasteiger partial charge in [-0.3, -0.25) is 14.7 Å². The number of piperidine rings is 1. The third-order valence-corrected chi connectivity index (χ3v) is 5.70. The number of benzene rings is 1. The lowest BCUT2D eigenvalue weighted by atomic mass is 9.94. The highest BCUT2D eigenvalue weighted by molar-refractivity contribution is 5.80. The summed E-state index contributed by atoms with van der Waals surface area (Å²) in [6.45, 7) is 5.30. The lowest BCUT2D eigenvalue weighted by molar-refractivity contribution is -0.141. The second kappa shape index (κ2) is 8.63. The average Bonchev–Trinajstić information content (AvgIpc) is 2.75. The summed E-state index contributed by atoms with van der Waals surface area (Å²) >= 11 is 0. The zero-order valence-electron chi connectivity index (χ0n) is 15.8. The van der Waals surface area contributed by atoms with E-state index in [9.17, 15) is 4.79 Å². The normalized spacial score (nSPS) is 23.9. The van der Waals surface area contributed by atoms with Gasteiger partial charge in [-0.15, -0.1) is 0 Å². The molecule has 5 nitrogen and oxygen atoms in total. The number of likely N-dealkylation sites (tertiary alicyclic amines) is 1. The highest BCUT2D eigenvalue weighted by Gasteiger charge is 2.34. The summed E-state index contributed by atoms with van der Waals surface area (Å²) in [6.07, 6.45) is 5.76. The molecule has 0 radical (unpaired) electrons. The minimum Gasteiger partial charge on any atom is -0.333 e. The fourth-order valence-corrected chi connectivity index (χ4v) is 4.32. The van der Waals surface area contributed by atoms with E-state index >= 15 is 0 Å². The number of pyridine rings is 1. The van der Waals surface area contributed by atoms with Gasteiger partial charge in [0.15, 0.2) is 0 Å². The topological polar surface area (TPSA) is 48.5 Å². The van der Waals surface area contributed by atoms with Crippen molar-refractivity contribution >= 4 is 5.91 Å². The van der Waals surface area contributed by atoms with Crippen LogP contribution in [0.15, 0.2) is 54.9 Å². The maximum Gasteiger partial charge on any atom is 0.227 e. The van der Waals surface area contributed by atoms with Crippen molar-refractivity contribution in [1.29, 1.82) is 0 Å². The van der Waals surface area contributed by atoms with Crippen LogP contribution in [0.3, 0.4) is 0 Å². The maximum atomic E-state index is 13.4. The first-order valence-electron chi connectivity index (χ1n) is 9.98. The van der Waals surface area contributed by atoms with E-state index in [2.05, 4.69) is 56.5 Å². The Bertz CT molecular complexity index is 736. The van der Waals surface area contributed by atoms with Crippen LogP contribution in [0, 0.1) is 5.92 Å². The zero-order chi connectivity index (χ0) is 18.5. The second-order valence-electron chi connectivity index (χ2n) is 7.60. The molecular formula is C22H28N4O. The summed E-state index contributed by atoms with van der Waals surface area (Å²) in [5.41, 5.74) is 2.44. The smallest absolute Gasteiger partial charge is 0.227 e. The lowest BCUT2D eigenvalue weighted by Crippen LogP contribution is -2.52. The van der Waals surface area contributed by atoms with Crippen LogP contribution in [0.4, 0.5) is 0 Å². The van der Waals surface area contributed by atoms with Gasteiger partial charge in [-0.2, -0.15) is 0 Å². The SMILES string of the molecule is O=C(C1CCCN(Cc2ccccc2)C1)N1CCNCC1c1cccnc1. The first kappa shape index (κ1) is 18.1. The molecule has 3 heterocycles. The molecule has 5 heteroatoms. The molecular weight excluding hydrogens is 336 g/mol. The predicted octanol–water partition coefficient (Wildman–Crippen LogP) is 2.47. The first-order chi connectivity index (χ1) is 13.3. The number of piperazine rings is 1. The second-order valence-corrected chi connectivity index (χ2v) is 7.60. The van der Waals surface area contributed by atoms with Crippen LogP contribution in [0.5, 0.6) is 0 Å². The number of rotatable bonds is 4. The van der Waals surface area contributed by atoms with E-state index < -0.39 is 0 Å². The van der Waals surface area contributed by atoms with Crippen molar-refractivity contribution < 1.29 is 4.79 Å². The molecule has 0 spiro atoms. The van der Waals surface area contributed by atoms with Gasteiger partial charge in [-0.25, -0.2) is 0 Å². The van der Waals surface area contributed by atoms with Crippen LogP contribution in [-0.4, -0.2) is 53.4 Å². The Morgan fingerprint density at radius 3 is 2.85 bits per heavy atom. The fourth-order valence-electron chi connectivity index (χ4n) is 4.32. The van der Waals surface area contributed by atoms with Gasteiger partial charge in [-0.1, -0.05) is 36.4 Å². The van der Waals surface area contributed by atoms with Crippen LogP contribution in [0.2, 0.25) is 0 Å². The number of amides is 1. The Balaban J connectivity index is 1.44. The Morgan fingerprint density at radius 2 is 2.04 bits per heavy atom. The summed E-state index contributed by atoms with van der Waals surface area (Å²) in [5, 5.41) is 3.43. The highest BCUT2D eigenvalue weighted by atomic mass is 16.2. The molecule has 1 amide bonds. The largest absolute Gasteiger partial charge is 0.333 e. The molecule has 142 valence electrons. The van der Waals surface area contributed by atoms with Gasteiger partial charge in [0, 0.05) is 45.1 Å². The molecule has 0 saturated carbocycles. The molecule has 2 fully saturated rings. The number of nitrogens with zero attached hydrogens (tertiary/aromatic N) is 3. The van der Waals surface area contributed by atoms with Gasteiger partial charge in [0.1, 0.15) is 0 Å². The average molecular weight is 364 g/mol. The van der Waals surface area contributed by atoms with Crippen LogP contribution in [-0.2, 0) is 11.3 Å². The van der Waals surface area contributed by atoms with E-state index in [0.717, 1.165) is 57.7 Å². The van der Waals surface area contributed by atoms with Gasteiger partial charge >= 0.3 is 0 Å². The first-order valence-corrected chi connectivity index (χ1v) is 9.98. The molecule has 2 aliphatic heterocycles. The van der Waals surface area contributed by atoms with Gasteiger partial charge in [-0.05, 0) is 36.6 Å². The monoisotopic (exact) mass is 364 g/mol. The third kappa shape index (κ3) is 4.37. The number of aromatic nitrogens is 1. The summed E-state index contributed by atoms with van der Waals surface area (Å²) in [7, 11) is 0. The molecule has 2 aromatic rings. The molecule has 2 unspecified atom stereocenters. The highest BCUT2D eigenvalue weighted by Crippen LogP contribution is 2.27. The van der Waals surface area contributed by atoms with Crippen LogP contribution in [0.1, 0.15) is 30.0 Å². The number of nitrogens with one attached hydrogen (secondary N) is 1. The van der Waals surface area contributed by atoms with Gasteiger partial charge in [0.2, 0.25) is 5.91 Å². The van der Waals surface area contributed by atoms with Crippen molar-refractivity contribution in [2.24, 2.45) is 5.92 Å². The predicted molar refractivity (Wildman–Crippen MR) is 106 cm³/mol. The molecule has 2 aliphatic rings. The molecule has 2 atom stereocenters. The fraction of sp³-hybridized carbons (Fsp3) is 0.455. The number of hydrogen-bond donors (Lipinski definition) is 1. The maximum absolute atomic E-state index is 13.4. The zero-order valence-corrected chi connectivity index (χ0v) is 15.8. The van der Waals surface area contributed by atoms with Crippen molar-refractivity contribution in [3.63, 3.8) is 0 Å². The van der Waals surface area contributed by atoms with E-state index in [-0.39, 0.29) is 12.0 Å². The van der Waals surface area contributed by atoms with E-state index in [1.165, 1.54) is 5.56 Å².